The van der Waals surface area contributed by atoms with Crippen molar-refractivity contribution in [2.24, 2.45) is 0 Å². The maximum atomic E-state index is 11.6. The van der Waals surface area contributed by atoms with E-state index in [1.807, 2.05) is 61.8 Å². The molecule has 90 valence electrons. The van der Waals surface area contributed by atoms with Crippen LogP contribution in [0.25, 0.3) is 5.69 Å². The van der Waals surface area contributed by atoms with Gasteiger partial charge in [0.2, 0.25) is 0 Å². The van der Waals surface area contributed by atoms with Gasteiger partial charge in [-0.1, -0.05) is 12.1 Å². The van der Waals surface area contributed by atoms with E-state index in [1.54, 1.807) is 0 Å². The fraction of sp³-hybridized carbons (Fsp3) is 0.308. The van der Waals surface area contributed by atoms with Crippen LogP contribution >= 0.6 is 0 Å². The number of hydrogen-bond acceptors (Lipinski definition) is 2. The fourth-order valence-corrected chi connectivity index (χ4v) is 1.87. The predicted molar refractivity (Wildman–Crippen MR) is 70.2 cm³/mol. The molecule has 17 heavy (non-hydrogen) atoms. The van der Waals surface area contributed by atoms with Crippen LogP contribution in [0.5, 0.6) is 0 Å². The molecule has 0 saturated heterocycles. The molecule has 1 N–H and O–H groups in total. The first-order valence-electron chi connectivity index (χ1n) is 5.57. The van der Waals surface area contributed by atoms with Gasteiger partial charge in [0, 0.05) is 25.4 Å². The number of aromatic nitrogens is 2. The van der Waals surface area contributed by atoms with E-state index >= 15 is 0 Å². The van der Waals surface area contributed by atoms with Crippen molar-refractivity contribution in [1.82, 2.24) is 9.78 Å². The van der Waals surface area contributed by atoms with E-state index in [4.69, 9.17) is 0 Å². The molecule has 0 spiro atoms. The van der Waals surface area contributed by atoms with Gasteiger partial charge in [0.15, 0.2) is 0 Å². The highest BCUT2D eigenvalue weighted by Crippen LogP contribution is 2.22. The quantitative estimate of drug-likeness (QED) is 0.857. The number of rotatable bonds is 2. The van der Waals surface area contributed by atoms with Crippen LogP contribution in [0.4, 0.5) is 5.69 Å². The molecular formula is C13H17N3O. The number of benzene rings is 1. The zero-order valence-corrected chi connectivity index (χ0v) is 10.6. The van der Waals surface area contributed by atoms with Gasteiger partial charge in [0.1, 0.15) is 0 Å². The number of nitrogens with zero attached hydrogens (tertiary/aromatic N) is 2. The second-order valence-electron chi connectivity index (χ2n) is 4.37. The minimum Gasteiger partial charge on any atom is -0.376 e. The van der Waals surface area contributed by atoms with Crippen molar-refractivity contribution in [3.63, 3.8) is 0 Å². The summed E-state index contributed by atoms with van der Waals surface area (Å²) >= 11 is 0. The molecule has 1 heterocycles. The van der Waals surface area contributed by atoms with Crippen LogP contribution in [0.15, 0.2) is 29.1 Å². The van der Waals surface area contributed by atoms with Gasteiger partial charge in [0.05, 0.1) is 11.4 Å². The molecule has 0 aliphatic carbocycles. The number of aromatic amines is 1. The summed E-state index contributed by atoms with van der Waals surface area (Å²) in [6.07, 6.45) is 0. The van der Waals surface area contributed by atoms with Crippen LogP contribution in [0.2, 0.25) is 0 Å². The van der Waals surface area contributed by atoms with Crippen molar-refractivity contribution >= 4 is 5.69 Å². The van der Waals surface area contributed by atoms with Crippen molar-refractivity contribution in [2.75, 3.05) is 19.0 Å². The first-order valence-corrected chi connectivity index (χ1v) is 5.57. The average molecular weight is 231 g/mol. The van der Waals surface area contributed by atoms with Crippen LogP contribution < -0.4 is 10.5 Å². The predicted octanol–water partition coefficient (Wildman–Crippen LogP) is 1.85. The lowest BCUT2D eigenvalue weighted by molar-refractivity contribution is 0.830. The molecule has 0 saturated carbocycles. The van der Waals surface area contributed by atoms with Crippen LogP contribution in [0, 0.1) is 13.8 Å². The van der Waals surface area contributed by atoms with Crippen LogP contribution in [-0.4, -0.2) is 23.9 Å². The molecule has 1 aromatic heterocycles. The van der Waals surface area contributed by atoms with Gasteiger partial charge in [-0.3, -0.25) is 14.6 Å². The maximum Gasteiger partial charge on any atom is 0.267 e. The lowest BCUT2D eigenvalue weighted by Gasteiger charge is -2.18. The average Bonchev–Trinajstić information content (AvgIpc) is 2.57. The number of nitrogens with one attached hydrogen (secondary N) is 1. The van der Waals surface area contributed by atoms with Gasteiger partial charge in [-0.15, -0.1) is 0 Å². The SMILES string of the molecule is Cc1c(C)n(-c2ccccc2N(C)C)[nH]c1=O. The summed E-state index contributed by atoms with van der Waals surface area (Å²) in [5.41, 5.74) is 3.74. The van der Waals surface area contributed by atoms with Gasteiger partial charge in [-0.25, -0.2) is 0 Å². The Hall–Kier alpha value is -1.97. The molecule has 2 rings (SSSR count). The highest BCUT2D eigenvalue weighted by molar-refractivity contribution is 5.62. The highest BCUT2D eigenvalue weighted by Gasteiger charge is 2.11. The molecule has 2 aromatic rings. The first kappa shape index (κ1) is 11.5. The van der Waals surface area contributed by atoms with E-state index in [9.17, 15) is 4.79 Å². The largest absolute Gasteiger partial charge is 0.376 e. The van der Waals surface area contributed by atoms with E-state index < -0.39 is 0 Å². The zero-order valence-electron chi connectivity index (χ0n) is 10.6. The van der Waals surface area contributed by atoms with Crippen LogP contribution in [-0.2, 0) is 0 Å². The third-order valence-corrected chi connectivity index (χ3v) is 3.04. The lowest BCUT2D eigenvalue weighted by Crippen LogP contribution is -2.14. The fourth-order valence-electron chi connectivity index (χ4n) is 1.87. The van der Waals surface area contributed by atoms with Gasteiger partial charge in [0.25, 0.3) is 5.56 Å². The number of H-pyrrole nitrogens is 1. The molecule has 0 fully saturated rings. The molecule has 1 aromatic carbocycles. The molecule has 0 amide bonds. The van der Waals surface area contributed by atoms with Gasteiger partial charge in [-0.2, -0.15) is 0 Å². The van der Waals surface area contributed by atoms with E-state index in [0.29, 0.717) is 0 Å². The van der Waals surface area contributed by atoms with Gasteiger partial charge >= 0.3 is 0 Å². The van der Waals surface area contributed by atoms with E-state index in [-0.39, 0.29) is 5.56 Å². The highest BCUT2D eigenvalue weighted by atomic mass is 16.1. The summed E-state index contributed by atoms with van der Waals surface area (Å²) < 4.78 is 1.84. The molecule has 0 atom stereocenters. The van der Waals surface area contributed by atoms with Crippen molar-refractivity contribution in [3.05, 3.63) is 45.9 Å². The van der Waals surface area contributed by atoms with Crippen molar-refractivity contribution in [2.45, 2.75) is 13.8 Å². The zero-order chi connectivity index (χ0) is 12.6. The number of hydrogen-bond donors (Lipinski definition) is 1. The molecule has 0 aliphatic rings. The molecular weight excluding hydrogens is 214 g/mol. The Bertz CT molecular complexity index is 593. The molecule has 0 unspecified atom stereocenters. The Balaban J connectivity index is 2.68. The van der Waals surface area contributed by atoms with E-state index in [1.165, 1.54) is 0 Å². The third-order valence-electron chi connectivity index (χ3n) is 3.04. The summed E-state index contributed by atoms with van der Waals surface area (Å²) in [6, 6.07) is 7.98. The lowest BCUT2D eigenvalue weighted by atomic mass is 10.2. The normalized spacial score (nSPS) is 10.6. The Morgan fingerprint density at radius 2 is 1.82 bits per heavy atom. The number of para-hydroxylation sites is 2. The van der Waals surface area contributed by atoms with Gasteiger partial charge < -0.3 is 4.90 Å². The Morgan fingerprint density at radius 3 is 2.35 bits per heavy atom. The summed E-state index contributed by atoms with van der Waals surface area (Å²) in [5, 5.41) is 2.86. The summed E-state index contributed by atoms with van der Waals surface area (Å²) in [6.45, 7) is 3.78. The Morgan fingerprint density at radius 1 is 1.18 bits per heavy atom. The second-order valence-corrected chi connectivity index (χ2v) is 4.37. The molecule has 4 nitrogen and oxygen atoms in total. The summed E-state index contributed by atoms with van der Waals surface area (Å²) in [5.74, 6) is 0. The molecule has 0 bridgehead atoms. The summed E-state index contributed by atoms with van der Waals surface area (Å²) in [7, 11) is 3.98. The van der Waals surface area contributed by atoms with Gasteiger partial charge in [-0.05, 0) is 26.0 Å². The van der Waals surface area contributed by atoms with Crippen molar-refractivity contribution < 1.29 is 0 Å². The van der Waals surface area contributed by atoms with Crippen LogP contribution in [0.1, 0.15) is 11.3 Å². The van der Waals surface area contributed by atoms with Crippen molar-refractivity contribution in [1.29, 1.82) is 0 Å². The Labute approximate surface area is 100 Å². The number of anilines is 1. The maximum absolute atomic E-state index is 11.6. The second kappa shape index (κ2) is 4.13. The topological polar surface area (TPSA) is 41.0 Å². The minimum atomic E-state index is -0.0314. The third kappa shape index (κ3) is 1.86. The van der Waals surface area contributed by atoms with E-state index in [2.05, 4.69) is 5.10 Å². The Kier molecular flexibility index (Phi) is 2.79. The first-order chi connectivity index (χ1) is 8.02. The standard InChI is InChI=1S/C13H17N3O/c1-9-10(2)16(14-13(9)17)12-8-6-5-7-11(12)15(3)4/h5-8H,1-4H3,(H,14,17). The smallest absolute Gasteiger partial charge is 0.267 e. The van der Waals surface area contributed by atoms with E-state index in [0.717, 1.165) is 22.6 Å². The summed E-state index contributed by atoms with van der Waals surface area (Å²) in [4.78, 5) is 13.7. The monoisotopic (exact) mass is 231 g/mol. The van der Waals surface area contributed by atoms with Crippen LogP contribution in [0.3, 0.4) is 0 Å². The van der Waals surface area contributed by atoms with Crippen molar-refractivity contribution in [3.8, 4) is 5.69 Å². The molecule has 4 heteroatoms. The minimum absolute atomic E-state index is 0.0314. The molecule has 0 radical (unpaired) electrons. The molecule has 0 aliphatic heterocycles.